The monoisotopic (exact) mass is 358 g/mol. The van der Waals surface area contributed by atoms with Crippen LogP contribution in [0.2, 0.25) is 0 Å². The van der Waals surface area contributed by atoms with Crippen LogP contribution in [0.1, 0.15) is 0 Å². The number of para-hydroxylation sites is 1. The molecular formula is C15H10N4O3S2. The van der Waals surface area contributed by atoms with E-state index in [1.165, 1.54) is 11.3 Å². The molecule has 9 heteroatoms. The van der Waals surface area contributed by atoms with Gasteiger partial charge in [-0.3, -0.25) is 4.79 Å². The molecule has 1 amide bonds. The minimum absolute atomic E-state index is 0.154. The summed E-state index contributed by atoms with van der Waals surface area (Å²) in [5.74, 6) is 0.761. The van der Waals surface area contributed by atoms with Crippen molar-refractivity contribution in [1.29, 1.82) is 0 Å². The SMILES string of the molecule is O=C(CSc1nnc(-c2cc3ccccc3o2)o1)Nc1nccs1. The van der Waals surface area contributed by atoms with E-state index in [1.807, 2.05) is 30.3 Å². The molecule has 0 unspecified atom stereocenters. The highest BCUT2D eigenvalue weighted by Crippen LogP contribution is 2.28. The number of benzene rings is 1. The van der Waals surface area contributed by atoms with Gasteiger partial charge >= 0.3 is 0 Å². The van der Waals surface area contributed by atoms with Crippen LogP contribution in [0.3, 0.4) is 0 Å². The number of anilines is 1. The minimum atomic E-state index is -0.182. The largest absolute Gasteiger partial charge is 0.451 e. The maximum absolute atomic E-state index is 11.8. The van der Waals surface area contributed by atoms with Crippen molar-refractivity contribution in [3.05, 3.63) is 41.9 Å². The van der Waals surface area contributed by atoms with Crippen molar-refractivity contribution < 1.29 is 13.6 Å². The molecule has 0 aliphatic rings. The summed E-state index contributed by atoms with van der Waals surface area (Å²) in [7, 11) is 0. The molecule has 0 fully saturated rings. The number of fused-ring (bicyclic) bond motifs is 1. The number of amides is 1. The van der Waals surface area contributed by atoms with E-state index in [-0.39, 0.29) is 17.6 Å². The van der Waals surface area contributed by atoms with E-state index < -0.39 is 0 Å². The molecule has 1 N–H and O–H groups in total. The quantitative estimate of drug-likeness (QED) is 0.544. The van der Waals surface area contributed by atoms with E-state index in [2.05, 4.69) is 20.5 Å². The fourth-order valence-electron chi connectivity index (χ4n) is 2.02. The van der Waals surface area contributed by atoms with Crippen molar-refractivity contribution in [1.82, 2.24) is 15.2 Å². The van der Waals surface area contributed by atoms with E-state index in [0.29, 0.717) is 16.1 Å². The lowest BCUT2D eigenvalue weighted by molar-refractivity contribution is -0.113. The van der Waals surface area contributed by atoms with Crippen molar-refractivity contribution >= 4 is 45.1 Å². The molecule has 120 valence electrons. The van der Waals surface area contributed by atoms with Gasteiger partial charge in [-0.15, -0.1) is 21.5 Å². The smallest absolute Gasteiger partial charge is 0.284 e. The Morgan fingerprint density at radius 2 is 2.17 bits per heavy atom. The van der Waals surface area contributed by atoms with Crippen LogP contribution < -0.4 is 5.32 Å². The Kier molecular flexibility index (Phi) is 4.01. The number of carbonyl (C=O) groups excluding carboxylic acids is 1. The highest BCUT2D eigenvalue weighted by molar-refractivity contribution is 7.99. The first kappa shape index (κ1) is 14.9. The lowest BCUT2D eigenvalue weighted by atomic mass is 10.2. The molecule has 0 spiro atoms. The standard InChI is InChI=1S/C15H10N4O3S2/c20-12(17-14-16-5-6-23-14)8-24-15-19-18-13(22-15)11-7-9-3-1-2-4-10(9)21-11/h1-7H,8H2,(H,16,17,20). The Morgan fingerprint density at radius 3 is 3.00 bits per heavy atom. The van der Waals surface area contributed by atoms with Gasteiger partial charge in [-0.05, 0) is 12.1 Å². The third-order valence-corrected chi connectivity index (χ3v) is 4.56. The fourth-order valence-corrected chi connectivity index (χ4v) is 3.13. The number of nitrogens with zero attached hydrogens (tertiary/aromatic N) is 3. The number of carbonyl (C=O) groups is 1. The summed E-state index contributed by atoms with van der Waals surface area (Å²) < 4.78 is 11.2. The van der Waals surface area contributed by atoms with Gasteiger partial charge in [0.2, 0.25) is 5.91 Å². The predicted octanol–water partition coefficient (Wildman–Crippen LogP) is 3.67. The van der Waals surface area contributed by atoms with Crippen LogP contribution in [0.4, 0.5) is 5.13 Å². The second-order valence-electron chi connectivity index (χ2n) is 4.70. The summed E-state index contributed by atoms with van der Waals surface area (Å²) in [5, 5.41) is 14.2. The van der Waals surface area contributed by atoms with E-state index in [9.17, 15) is 4.79 Å². The molecule has 0 radical (unpaired) electrons. The average molecular weight is 358 g/mol. The third kappa shape index (κ3) is 3.17. The highest BCUT2D eigenvalue weighted by Gasteiger charge is 2.15. The minimum Gasteiger partial charge on any atom is -0.451 e. The topological polar surface area (TPSA) is 94.0 Å². The molecule has 7 nitrogen and oxygen atoms in total. The Hall–Kier alpha value is -2.65. The second-order valence-corrected chi connectivity index (χ2v) is 6.52. The zero-order valence-corrected chi connectivity index (χ0v) is 13.8. The van der Waals surface area contributed by atoms with E-state index in [0.717, 1.165) is 22.7 Å². The van der Waals surface area contributed by atoms with Gasteiger partial charge in [0.1, 0.15) is 5.58 Å². The number of rotatable bonds is 5. The molecule has 1 aromatic carbocycles. The normalized spacial score (nSPS) is 11.0. The highest BCUT2D eigenvalue weighted by atomic mass is 32.2. The average Bonchev–Trinajstić information content (AvgIpc) is 3.32. The first-order chi connectivity index (χ1) is 11.8. The van der Waals surface area contributed by atoms with Crippen molar-refractivity contribution in [2.75, 3.05) is 11.1 Å². The number of aromatic nitrogens is 3. The number of hydrogen-bond acceptors (Lipinski definition) is 8. The summed E-state index contributed by atoms with van der Waals surface area (Å²) in [5.41, 5.74) is 0.753. The van der Waals surface area contributed by atoms with Gasteiger partial charge < -0.3 is 14.2 Å². The summed E-state index contributed by atoms with van der Waals surface area (Å²) in [6.07, 6.45) is 1.63. The van der Waals surface area contributed by atoms with Crippen molar-refractivity contribution in [3.8, 4) is 11.7 Å². The summed E-state index contributed by atoms with van der Waals surface area (Å²) in [6, 6.07) is 9.47. The Balaban J connectivity index is 1.42. The molecular weight excluding hydrogens is 348 g/mol. The van der Waals surface area contributed by atoms with Gasteiger partial charge in [0.15, 0.2) is 10.9 Å². The Labute approximate surface area is 144 Å². The number of thioether (sulfide) groups is 1. The number of nitrogens with one attached hydrogen (secondary N) is 1. The van der Waals surface area contributed by atoms with Gasteiger partial charge in [0.25, 0.3) is 11.1 Å². The van der Waals surface area contributed by atoms with Gasteiger partial charge in [-0.2, -0.15) is 0 Å². The zero-order chi connectivity index (χ0) is 16.4. The van der Waals surface area contributed by atoms with Crippen LogP contribution in [-0.2, 0) is 4.79 Å². The molecule has 4 aromatic rings. The lowest BCUT2D eigenvalue weighted by Crippen LogP contribution is -2.13. The Bertz CT molecular complexity index is 945. The van der Waals surface area contributed by atoms with Gasteiger partial charge in [-0.25, -0.2) is 4.98 Å². The van der Waals surface area contributed by atoms with Gasteiger partial charge in [0.05, 0.1) is 5.75 Å². The van der Waals surface area contributed by atoms with Crippen LogP contribution in [0.25, 0.3) is 22.6 Å². The second kappa shape index (κ2) is 6.46. The lowest BCUT2D eigenvalue weighted by Gasteiger charge is -1.98. The molecule has 0 saturated heterocycles. The van der Waals surface area contributed by atoms with Crippen LogP contribution in [0, 0.1) is 0 Å². The van der Waals surface area contributed by atoms with Crippen molar-refractivity contribution in [3.63, 3.8) is 0 Å². The van der Waals surface area contributed by atoms with E-state index in [4.69, 9.17) is 8.83 Å². The van der Waals surface area contributed by atoms with Crippen LogP contribution in [0.15, 0.2) is 56.0 Å². The maximum Gasteiger partial charge on any atom is 0.284 e. The Morgan fingerprint density at radius 1 is 1.25 bits per heavy atom. The van der Waals surface area contributed by atoms with Crippen LogP contribution in [0.5, 0.6) is 0 Å². The molecule has 24 heavy (non-hydrogen) atoms. The zero-order valence-electron chi connectivity index (χ0n) is 12.1. The van der Waals surface area contributed by atoms with Gasteiger partial charge in [0, 0.05) is 17.0 Å². The molecule has 0 saturated carbocycles. The van der Waals surface area contributed by atoms with Crippen LogP contribution in [-0.4, -0.2) is 26.8 Å². The molecule has 0 aliphatic heterocycles. The predicted molar refractivity (Wildman–Crippen MR) is 91.0 cm³/mol. The number of thiazole rings is 1. The van der Waals surface area contributed by atoms with Crippen molar-refractivity contribution in [2.24, 2.45) is 0 Å². The summed E-state index contributed by atoms with van der Waals surface area (Å²) >= 11 is 2.52. The maximum atomic E-state index is 11.8. The molecule has 4 rings (SSSR count). The molecule has 0 bridgehead atoms. The van der Waals surface area contributed by atoms with Gasteiger partial charge in [-0.1, -0.05) is 30.0 Å². The molecule has 3 aromatic heterocycles. The number of furan rings is 1. The summed E-state index contributed by atoms with van der Waals surface area (Å²) in [4.78, 5) is 15.8. The molecule has 0 atom stereocenters. The van der Waals surface area contributed by atoms with E-state index >= 15 is 0 Å². The number of hydrogen-bond donors (Lipinski definition) is 1. The molecule has 0 aliphatic carbocycles. The first-order valence-corrected chi connectivity index (χ1v) is 8.79. The van der Waals surface area contributed by atoms with E-state index in [1.54, 1.807) is 11.6 Å². The third-order valence-electron chi connectivity index (χ3n) is 3.05. The fraction of sp³-hybridized carbons (Fsp3) is 0.0667. The summed E-state index contributed by atoms with van der Waals surface area (Å²) in [6.45, 7) is 0. The molecule has 3 heterocycles. The van der Waals surface area contributed by atoms with Crippen LogP contribution >= 0.6 is 23.1 Å². The van der Waals surface area contributed by atoms with Crippen molar-refractivity contribution in [2.45, 2.75) is 5.22 Å². The first-order valence-electron chi connectivity index (χ1n) is 6.92.